The summed E-state index contributed by atoms with van der Waals surface area (Å²) in [5.41, 5.74) is 3.17. The van der Waals surface area contributed by atoms with Crippen molar-refractivity contribution >= 4 is 6.09 Å². The lowest BCUT2D eigenvalue weighted by Crippen LogP contribution is -2.37. The maximum atomic E-state index is 12.8. The van der Waals surface area contributed by atoms with Crippen LogP contribution in [0.4, 0.5) is 4.79 Å². The van der Waals surface area contributed by atoms with E-state index in [1.807, 2.05) is 19.1 Å². The van der Waals surface area contributed by atoms with E-state index in [-0.39, 0.29) is 17.8 Å². The van der Waals surface area contributed by atoms with Gasteiger partial charge in [0.25, 0.3) is 0 Å². The molecule has 1 aromatic carbocycles. The first-order chi connectivity index (χ1) is 15.0. The number of benzene rings is 1. The van der Waals surface area contributed by atoms with Gasteiger partial charge in [0.05, 0.1) is 0 Å². The lowest BCUT2D eigenvalue weighted by Gasteiger charge is -2.28. The molecule has 0 unspecified atom stereocenters. The Kier molecular flexibility index (Phi) is 10.7. The highest BCUT2D eigenvalue weighted by atomic mass is 16.6. The zero-order valence-electron chi connectivity index (χ0n) is 19.8. The number of carbonyl (C=O) groups excluding carboxylic acids is 1. The summed E-state index contributed by atoms with van der Waals surface area (Å²) in [6, 6.07) is 3.87. The highest BCUT2D eigenvalue weighted by Crippen LogP contribution is 2.42. The third-order valence-corrected chi connectivity index (χ3v) is 6.00. The fourth-order valence-corrected chi connectivity index (χ4v) is 4.42. The molecule has 0 aromatic heterocycles. The molecular formula is C27H41NO3. The second-order valence-electron chi connectivity index (χ2n) is 8.82. The number of phenols is 1. The molecule has 1 amide bonds. The summed E-state index contributed by atoms with van der Waals surface area (Å²) in [7, 11) is 0. The zero-order valence-corrected chi connectivity index (χ0v) is 19.8. The van der Waals surface area contributed by atoms with Crippen LogP contribution in [0.5, 0.6) is 11.5 Å². The number of piperidine rings is 1. The van der Waals surface area contributed by atoms with Crippen LogP contribution >= 0.6 is 0 Å². The molecule has 2 aliphatic rings. The number of nitrogens with zero attached hydrogens (tertiary/aromatic N) is 1. The molecule has 1 aromatic rings. The van der Waals surface area contributed by atoms with Crippen LogP contribution in [-0.4, -0.2) is 29.2 Å². The molecule has 172 valence electrons. The quantitative estimate of drug-likeness (QED) is 0.377. The summed E-state index contributed by atoms with van der Waals surface area (Å²) in [6.45, 7) is 11.1. The zero-order chi connectivity index (χ0) is 22.6. The normalized spacial score (nSPS) is 18.5. The Morgan fingerprint density at radius 1 is 1.23 bits per heavy atom. The van der Waals surface area contributed by atoms with Crippen molar-refractivity contribution in [3.8, 4) is 11.5 Å². The van der Waals surface area contributed by atoms with Gasteiger partial charge in [-0.05, 0) is 82.9 Å². The van der Waals surface area contributed by atoms with E-state index in [4.69, 9.17) is 4.74 Å². The molecule has 1 aliphatic heterocycles. The van der Waals surface area contributed by atoms with Crippen molar-refractivity contribution in [2.24, 2.45) is 0 Å². The molecule has 1 saturated heterocycles. The fourth-order valence-electron chi connectivity index (χ4n) is 4.42. The largest absolute Gasteiger partial charge is 0.507 e. The van der Waals surface area contributed by atoms with Crippen LogP contribution < -0.4 is 4.74 Å². The Morgan fingerprint density at radius 2 is 1.94 bits per heavy atom. The smallest absolute Gasteiger partial charge is 0.415 e. The Hall–Kier alpha value is -2.23. The van der Waals surface area contributed by atoms with Crippen molar-refractivity contribution in [2.45, 2.75) is 90.9 Å². The highest BCUT2D eigenvalue weighted by molar-refractivity contribution is 5.72. The number of hydrogen-bond donors (Lipinski definition) is 1. The molecule has 1 heterocycles. The molecule has 3 rings (SSSR count). The van der Waals surface area contributed by atoms with Crippen molar-refractivity contribution in [2.75, 3.05) is 13.1 Å². The molecule has 0 saturated carbocycles. The lowest BCUT2D eigenvalue weighted by molar-refractivity contribution is 0.142. The van der Waals surface area contributed by atoms with Gasteiger partial charge < -0.3 is 14.7 Å². The molecule has 1 N–H and O–H groups in total. The van der Waals surface area contributed by atoms with Gasteiger partial charge in [-0.25, -0.2) is 4.79 Å². The molecule has 1 fully saturated rings. The Bertz CT molecular complexity index is 747. The second-order valence-corrected chi connectivity index (χ2v) is 8.82. The van der Waals surface area contributed by atoms with E-state index in [2.05, 4.69) is 26.5 Å². The van der Waals surface area contributed by atoms with Gasteiger partial charge in [-0.15, -0.1) is 6.58 Å². The summed E-state index contributed by atoms with van der Waals surface area (Å²) in [5.74, 6) is 0.937. The van der Waals surface area contributed by atoms with Gasteiger partial charge >= 0.3 is 6.09 Å². The first-order valence-corrected chi connectivity index (χ1v) is 12.1. The van der Waals surface area contributed by atoms with Crippen LogP contribution in [0, 0.1) is 0 Å². The van der Waals surface area contributed by atoms with Gasteiger partial charge in [0.15, 0.2) is 0 Å². The number of aromatic hydroxyl groups is 1. The average molecular weight is 428 g/mol. The number of aryl methyl sites for hydroxylation is 1. The van der Waals surface area contributed by atoms with Crippen LogP contribution in [-0.2, 0) is 6.42 Å². The summed E-state index contributed by atoms with van der Waals surface area (Å²) in [6.07, 6.45) is 14.4. The highest BCUT2D eigenvalue weighted by Gasteiger charge is 2.26. The number of likely N-dealkylation sites (tertiary alicyclic amines) is 1. The Morgan fingerprint density at radius 3 is 2.58 bits per heavy atom. The van der Waals surface area contributed by atoms with Crippen LogP contribution in [0.15, 0.2) is 36.4 Å². The van der Waals surface area contributed by atoms with Crippen LogP contribution in [0.1, 0.15) is 95.6 Å². The van der Waals surface area contributed by atoms with Crippen molar-refractivity contribution in [3.05, 3.63) is 47.6 Å². The predicted octanol–water partition coefficient (Wildman–Crippen LogP) is 7.52. The van der Waals surface area contributed by atoms with Gasteiger partial charge in [0.2, 0.25) is 0 Å². The molecular weight excluding hydrogens is 386 g/mol. The van der Waals surface area contributed by atoms with Gasteiger partial charge in [-0.1, -0.05) is 37.5 Å². The molecule has 1 aliphatic carbocycles. The molecule has 0 bridgehead atoms. The van der Waals surface area contributed by atoms with Crippen LogP contribution in [0.3, 0.4) is 0 Å². The Balaban J connectivity index is 0.00000107. The molecule has 1 atom stereocenters. The minimum Gasteiger partial charge on any atom is -0.507 e. The predicted molar refractivity (Wildman–Crippen MR) is 129 cm³/mol. The maximum Gasteiger partial charge on any atom is 0.415 e. The number of phenolic OH excluding ortho intramolecular Hbond substituents is 1. The maximum absolute atomic E-state index is 12.8. The van der Waals surface area contributed by atoms with Crippen LogP contribution in [0.2, 0.25) is 0 Å². The average Bonchev–Trinajstić information content (AvgIpc) is 2.75. The van der Waals surface area contributed by atoms with E-state index >= 15 is 0 Å². The number of ether oxygens (including phenoxy) is 1. The second kappa shape index (κ2) is 13.2. The number of hydrogen-bond acceptors (Lipinski definition) is 3. The van der Waals surface area contributed by atoms with Crippen molar-refractivity contribution in [1.29, 1.82) is 0 Å². The summed E-state index contributed by atoms with van der Waals surface area (Å²) < 4.78 is 5.90. The van der Waals surface area contributed by atoms with Gasteiger partial charge in [-0.3, -0.25) is 0 Å². The van der Waals surface area contributed by atoms with E-state index in [0.29, 0.717) is 5.75 Å². The van der Waals surface area contributed by atoms with E-state index in [9.17, 15) is 9.90 Å². The summed E-state index contributed by atoms with van der Waals surface area (Å²) >= 11 is 0. The van der Waals surface area contributed by atoms with E-state index < -0.39 is 0 Å². The third kappa shape index (κ3) is 7.75. The standard InChI is InChI=1S/C24H35NO3.C3H6/c1-3-4-6-11-19-16-21(26)23(20-12-9-10-18(2)15-20)22(17-19)28-24(27)25-13-7-5-8-14-25;1-3-2/h15-17,20,26H,3-14H2,1-2H3;3H,1H2,2H3/t20-;/m0./s1. The first-order valence-electron chi connectivity index (χ1n) is 12.1. The minimum absolute atomic E-state index is 0.114. The van der Waals surface area contributed by atoms with Gasteiger partial charge in [0, 0.05) is 24.6 Å². The number of amides is 1. The summed E-state index contributed by atoms with van der Waals surface area (Å²) in [5, 5.41) is 10.9. The SMILES string of the molecule is C=CC.CCCCCc1cc(O)c([C@@H]2C=C(C)CCC2)c(OC(=O)N2CCCCC2)c1. The number of carbonyl (C=O) groups is 1. The molecule has 4 heteroatoms. The molecule has 0 spiro atoms. The number of rotatable bonds is 6. The number of unbranched alkanes of at least 4 members (excludes halogenated alkanes) is 2. The number of allylic oxidation sites excluding steroid dienone is 3. The monoisotopic (exact) mass is 427 g/mol. The fraction of sp³-hybridized carbons (Fsp3) is 0.593. The summed E-state index contributed by atoms with van der Waals surface area (Å²) in [4.78, 5) is 14.6. The van der Waals surface area contributed by atoms with E-state index in [1.165, 1.54) is 12.0 Å². The topological polar surface area (TPSA) is 49.8 Å². The molecule has 4 nitrogen and oxygen atoms in total. The van der Waals surface area contributed by atoms with Gasteiger partial charge in [0.1, 0.15) is 11.5 Å². The van der Waals surface area contributed by atoms with Crippen LogP contribution in [0.25, 0.3) is 0 Å². The Labute approximate surface area is 189 Å². The first kappa shape index (κ1) is 25.0. The van der Waals surface area contributed by atoms with E-state index in [1.54, 1.807) is 11.0 Å². The van der Waals surface area contributed by atoms with E-state index in [0.717, 1.165) is 82.0 Å². The minimum atomic E-state index is -0.275. The lowest BCUT2D eigenvalue weighted by atomic mass is 9.84. The van der Waals surface area contributed by atoms with Crippen molar-refractivity contribution in [1.82, 2.24) is 4.90 Å². The van der Waals surface area contributed by atoms with Crippen molar-refractivity contribution < 1.29 is 14.6 Å². The molecule has 31 heavy (non-hydrogen) atoms. The van der Waals surface area contributed by atoms with Crippen molar-refractivity contribution in [3.63, 3.8) is 0 Å². The molecule has 0 radical (unpaired) electrons. The van der Waals surface area contributed by atoms with Gasteiger partial charge in [-0.2, -0.15) is 0 Å². The third-order valence-electron chi connectivity index (χ3n) is 6.00.